The molecule has 1 heterocycles. The predicted molar refractivity (Wildman–Crippen MR) is 64.1 cm³/mol. The highest BCUT2D eigenvalue weighted by molar-refractivity contribution is 8.16. The lowest BCUT2D eigenvalue weighted by Gasteiger charge is -2.22. The zero-order valence-corrected chi connectivity index (χ0v) is 9.44. The normalized spacial score (nSPS) is 18.0. The summed E-state index contributed by atoms with van der Waals surface area (Å²) in [4.78, 5) is 10.9. The highest BCUT2D eigenvalue weighted by Gasteiger charge is 2.18. The molecule has 1 fully saturated rings. The van der Waals surface area contributed by atoms with Gasteiger partial charge in [0.2, 0.25) is 0 Å². The molecule has 0 bridgehead atoms. The van der Waals surface area contributed by atoms with Gasteiger partial charge in [-0.3, -0.25) is 4.79 Å². The van der Waals surface area contributed by atoms with E-state index in [1.807, 2.05) is 41.7 Å². The fourth-order valence-corrected chi connectivity index (χ4v) is 4.48. The standard InChI is InChI=1S/C11H12OS2/c12-8-9-4-1-2-5-10(9)11-13-6-3-7-14-11/h1-2,4-5,8,11H,3,6-7H2. The molecule has 0 unspecified atom stereocenters. The molecule has 74 valence electrons. The minimum Gasteiger partial charge on any atom is -0.298 e. The van der Waals surface area contributed by atoms with Gasteiger partial charge in [0.05, 0.1) is 4.58 Å². The van der Waals surface area contributed by atoms with Crippen LogP contribution in [0.3, 0.4) is 0 Å². The molecular weight excluding hydrogens is 212 g/mol. The number of hydrogen-bond acceptors (Lipinski definition) is 3. The van der Waals surface area contributed by atoms with Crippen LogP contribution in [0.5, 0.6) is 0 Å². The molecule has 2 rings (SSSR count). The van der Waals surface area contributed by atoms with Crippen molar-refractivity contribution in [1.82, 2.24) is 0 Å². The van der Waals surface area contributed by atoms with Crippen LogP contribution in [0.1, 0.15) is 26.9 Å². The Morgan fingerprint density at radius 3 is 2.64 bits per heavy atom. The first kappa shape index (κ1) is 10.1. The maximum atomic E-state index is 10.9. The van der Waals surface area contributed by atoms with E-state index in [9.17, 15) is 4.79 Å². The molecule has 1 saturated heterocycles. The molecule has 0 saturated carbocycles. The lowest BCUT2D eigenvalue weighted by Crippen LogP contribution is -2.02. The lowest BCUT2D eigenvalue weighted by molar-refractivity contribution is 0.112. The Kier molecular flexibility index (Phi) is 3.54. The van der Waals surface area contributed by atoms with E-state index in [4.69, 9.17) is 0 Å². The fraction of sp³-hybridized carbons (Fsp3) is 0.364. The number of carbonyl (C=O) groups excluding carboxylic acids is 1. The van der Waals surface area contributed by atoms with Crippen LogP contribution >= 0.6 is 23.5 Å². The van der Waals surface area contributed by atoms with E-state index in [1.165, 1.54) is 23.5 Å². The Balaban J connectivity index is 2.24. The molecule has 1 nitrogen and oxygen atoms in total. The van der Waals surface area contributed by atoms with Crippen LogP contribution in [0.15, 0.2) is 24.3 Å². The van der Waals surface area contributed by atoms with Crippen LogP contribution in [0.25, 0.3) is 0 Å². The van der Waals surface area contributed by atoms with Gasteiger partial charge < -0.3 is 0 Å². The van der Waals surface area contributed by atoms with Gasteiger partial charge in [0.15, 0.2) is 0 Å². The predicted octanol–water partition coefficient (Wildman–Crippen LogP) is 3.37. The number of thioether (sulfide) groups is 2. The number of carbonyl (C=O) groups is 1. The Morgan fingerprint density at radius 2 is 1.93 bits per heavy atom. The lowest BCUT2D eigenvalue weighted by atomic mass is 10.1. The van der Waals surface area contributed by atoms with Gasteiger partial charge in [0, 0.05) is 5.56 Å². The van der Waals surface area contributed by atoms with Crippen molar-refractivity contribution < 1.29 is 4.79 Å². The molecule has 0 atom stereocenters. The first-order chi connectivity index (χ1) is 6.92. The zero-order chi connectivity index (χ0) is 9.80. The Hall–Kier alpha value is -0.410. The van der Waals surface area contributed by atoms with Gasteiger partial charge in [0.25, 0.3) is 0 Å². The number of hydrogen-bond donors (Lipinski definition) is 0. The second-order valence-electron chi connectivity index (χ2n) is 3.17. The molecule has 0 aromatic heterocycles. The largest absolute Gasteiger partial charge is 0.298 e. The molecule has 1 aliphatic heterocycles. The second-order valence-corrected chi connectivity index (χ2v) is 5.90. The summed E-state index contributed by atoms with van der Waals surface area (Å²) in [7, 11) is 0. The summed E-state index contributed by atoms with van der Waals surface area (Å²) in [5.74, 6) is 2.43. The fourth-order valence-electron chi connectivity index (χ4n) is 1.50. The van der Waals surface area contributed by atoms with Crippen LogP contribution < -0.4 is 0 Å². The van der Waals surface area contributed by atoms with Crippen LogP contribution in [-0.4, -0.2) is 17.8 Å². The smallest absolute Gasteiger partial charge is 0.150 e. The molecular formula is C11H12OS2. The van der Waals surface area contributed by atoms with Crippen LogP contribution in [0.4, 0.5) is 0 Å². The van der Waals surface area contributed by atoms with E-state index in [-0.39, 0.29) is 0 Å². The van der Waals surface area contributed by atoms with E-state index >= 15 is 0 Å². The average Bonchev–Trinajstić information content (AvgIpc) is 2.30. The minimum atomic E-state index is 0.463. The van der Waals surface area contributed by atoms with Crippen molar-refractivity contribution in [2.24, 2.45) is 0 Å². The molecule has 0 aliphatic carbocycles. The summed E-state index contributed by atoms with van der Waals surface area (Å²) < 4.78 is 0.463. The monoisotopic (exact) mass is 224 g/mol. The quantitative estimate of drug-likeness (QED) is 0.717. The van der Waals surface area contributed by atoms with Gasteiger partial charge in [-0.2, -0.15) is 0 Å². The maximum absolute atomic E-state index is 10.9. The zero-order valence-electron chi connectivity index (χ0n) is 7.81. The van der Waals surface area contributed by atoms with Gasteiger partial charge in [-0.1, -0.05) is 24.3 Å². The van der Waals surface area contributed by atoms with Crippen LogP contribution in [0.2, 0.25) is 0 Å². The third-order valence-electron chi connectivity index (χ3n) is 2.20. The summed E-state index contributed by atoms with van der Waals surface area (Å²) in [6.07, 6.45) is 2.25. The molecule has 1 aliphatic rings. The molecule has 0 radical (unpaired) electrons. The summed E-state index contributed by atoms with van der Waals surface area (Å²) >= 11 is 3.90. The Bertz CT molecular complexity index is 319. The van der Waals surface area contributed by atoms with Crippen molar-refractivity contribution >= 4 is 29.8 Å². The molecule has 1 aromatic rings. The van der Waals surface area contributed by atoms with Gasteiger partial charge in [-0.05, 0) is 23.5 Å². The van der Waals surface area contributed by atoms with Gasteiger partial charge in [0.1, 0.15) is 6.29 Å². The van der Waals surface area contributed by atoms with Crippen molar-refractivity contribution in [3.8, 4) is 0 Å². The molecule has 0 N–H and O–H groups in total. The van der Waals surface area contributed by atoms with E-state index < -0.39 is 0 Å². The Morgan fingerprint density at radius 1 is 1.21 bits per heavy atom. The van der Waals surface area contributed by atoms with E-state index in [0.717, 1.165) is 11.8 Å². The minimum absolute atomic E-state index is 0.463. The topological polar surface area (TPSA) is 17.1 Å². The highest BCUT2D eigenvalue weighted by atomic mass is 32.2. The Labute approximate surface area is 92.7 Å². The highest BCUT2D eigenvalue weighted by Crippen LogP contribution is 2.44. The first-order valence-corrected chi connectivity index (χ1v) is 6.79. The van der Waals surface area contributed by atoms with Crippen molar-refractivity contribution in [3.63, 3.8) is 0 Å². The van der Waals surface area contributed by atoms with E-state index in [0.29, 0.717) is 4.58 Å². The molecule has 1 aromatic carbocycles. The maximum Gasteiger partial charge on any atom is 0.150 e. The van der Waals surface area contributed by atoms with Crippen molar-refractivity contribution in [2.75, 3.05) is 11.5 Å². The third kappa shape index (κ3) is 2.15. The molecule has 14 heavy (non-hydrogen) atoms. The number of benzene rings is 1. The van der Waals surface area contributed by atoms with E-state index in [1.54, 1.807) is 0 Å². The summed E-state index contributed by atoms with van der Waals surface area (Å²) in [5.41, 5.74) is 2.04. The van der Waals surface area contributed by atoms with Gasteiger partial charge >= 0.3 is 0 Å². The second kappa shape index (κ2) is 4.89. The average molecular weight is 224 g/mol. The van der Waals surface area contributed by atoms with Crippen LogP contribution in [0, 0.1) is 0 Å². The van der Waals surface area contributed by atoms with Crippen LogP contribution in [-0.2, 0) is 0 Å². The molecule has 0 spiro atoms. The van der Waals surface area contributed by atoms with Crippen molar-refractivity contribution in [2.45, 2.75) is 11.0 Å². The molecule has 3 heteroatoms. The summed E-state index contributed by atoms with van der Waals surface area (Å²) in [5, 5.41) is 0. The summed E-state index contributed by atoms with van der Waals surface area (Å²) in [6.45, 7) is 0. The summed E-state index contributed by atoms with van der Waals surface area (Å²) in [6, 6.07) is 7.90. The SMILES string of the molecule is O=Cc1ccccc1C1SCCCS1. The third-order valence-corrected chi connectivity index (χ3v) is 5.18. The number of aldehydes is 1. The van der Waals surface area contributed by atoms with E-state index in [2.05, 4.69) is 6.07 Å². The van der Waals surface area contributed by atoms with Gasteiger partial charge in [-0.25, -0.2) is 0 Å². The molecule has 0 amide bonds. The van der Waals surface area contributed by atoms with Crippen molar-refractivity contribution in [1.29, 1.82) is 0 Å². The van der Waals surface area contributed by atoms with Crippen molar-refractivity contribution in [3.05, 3.63) is 35.4 Å². The van der Waals surface area contributed by atoms with Gasteiger partial charge in [-0.15, -0.1) is 23.5 Å². The number of rotatable bonds is 2. The first-order valence-electron chi connectivity index (χ1n) is 4.69.